The highest BCUT2D eigenvalue weighted by atomic mass is 16.5. The lowest BCUT2D eigenvalue weighted by Gasteiger charge is -2.34. The van der Waals surface area contributed by atoms with E-state index >= 15 is 0 Å². The van der Waals surface area contributed by atoms with Gasteiger partial charge in [0.05, 0.1) is 11.6 Å². The second-order valence-corrected chi connectivity index (χ2v) is 11.9. The number of aryl methyl sites for hydroxylation is 2. The van der Waals surface area contributed by atoms with E-state index in [1.165, 1.54) is 11.1 Å². The number of carbonyl (C=O) groups excluding carboxylic acids is 1. The van der Waals surface area contributed by atoms with Crippen LogP contribution in [0.25, 0.3) is 0 Å². The normalized spacial score (nSPS) is 12.8. The minimum Gasteiger partial charge on any atom is -0.460 e. The third-order valence-electron chi connectivity index (χ3n) is 6.33. The zero-order chi connectivity index (χ0) is 25.8. The third kappa shape index (κ3) is 7.21. The molecule has 0 heterocycles. The smallest absolute Gasteiger partial charge is 0.309 e. The number of hydrogen-bond acceptors (Lipinski definition) is 3. The molecule has 3 rings (SSSR count). The predicted molar refractivity (Wildman–Crippen MR) is 147 cm³/mol. The van der Waals surface area contributed by atoms with Crippen molar-refractivity contribution in [2.75, 3.05) is 4.90 Å². The van der Waals surface area contributed by atoms with Crippen LogP contribution in [-0.4, -0.2) is 5.97 Å². The van der Waals surface area contributed by atoms with E-state index in [-0.39, 0.29) is 29.3 Å². The SMILES string of the molecule is Cc1ccc(N(c2ccc(C)cc2)c2ccccc2COC(=O)C(CC(C)(C)C)C(C)(C)C)cc1. The molecule has 0 bridgehead atoms. The largest absolute Gasteiger partial charge is 0.460 e. The van der Waals surface area contributed by atoms with E-state index in [4.69, 9.17) is 4.74 Å². The van der Waals surface area contributed by atoms with Crippen molar-refractivity contribution in [1.29, 1.82) is 0 Å². The Balaban J connectivity index is 1.95. The second-order valence-electron chi connectivity index (χ2n) is 11.9. The number of para-hydroxylation sites is 1. The molecule has 0 aromatic heterocycles. The molecular weight excluding hydrogens is 430 g/mol. The first-order valence-electron chi connectivity index (χ1n) is 12.5. The Labute approximate surface area is 212 Å². The Kier molecular flexibility index (Phi) is 8.10. The molecule has 186 valence electrons. The van der Waals surface area contributed by atoms with E-state index in [0.29, 0.717) is 0 Å². The van der Waals surface area contributed by atoms with Crippen molar-refractivity contribution < 1.29 is 9.53 Å². The summed E-state index contributed by atoms with van der Waals surface area (Å²) in [6.45, 7) is 17.3. The Morgan fingerprint density at radius 2 is 1.26 bits per heavy atom. The van der Waals surface area contributed by atoms with Crippen LogP contribution in [0.5, 0.6) is 0 Å². The van der Waals surface area contributed by atoms with Gasteiger partial charge in [0.1, 0.15) is 6.61 Å². The van der Waals surface area contributed by atoms with Gasteiger partial charge in [-0.05, 0) is 61.4 Å². The van der Waals surface area contributed by atoms with E-state index in [0.717, 1.165) is 29.0 Å². The molecule has 3 nitrogen and oxygen atoms in total. The maximum absolute atomic E-state index is 13.3. The standard InChI is InChI=1S/C32H41NO2/c1-23-13-17-26(18-14-23)33(27-19-15-24(2)16-20-27)29-12-10-9-11-25(29)22-35-30(34)28(32(6,7)8)21-31(3,4)5/h9-20,28H,21-22H2,1-8H3. The van der Waals surface area contributed by atoms with Gasteiger partial charge in [-0.1, -0.05) is 95.1 Å². The number of carbonyl (C=O) groups is 1. The van der Waals surface area contributed by atoms with Gasteiger partial charge in [-0.2, -0.15) is 0 Å². The molecule has 0 radical (unpaired) electrons. The summed E-state index contributed by atoms with van der Waals surface area (Å²) in [5, 5.41) is 0. The summed E-state index contributed by atoms with van der Waals surface area (Å²) in [7, 11) is 0. The molecule has 1 atom stereocenters. The number of rotatable bonds is 7. The fourth-order valence-electron chi connectivity index (χ4n) is 4.27. The quantitative estimate of drug-likeness (QED) is 0.322. The molecule has 0 aliphatic heterocycles. The molecule has 0 aliphatic carbocycles. The molecule has 3 aromatic rings. The molecule has 3 aromatic carbocycles. The Bertz CT molecular complexity index is 1070. The number of anilines is 3. The zero-order valence-electron chi connectivity index (χ0n) is 22.7. The number of esters is 1. The topological polar surface area (TPSA) is 29.5 Å². The van der Waals surface area contributed by atoms with Crippen LogP contribution in [0.4, 0.5) is 17.1 Å². The van der Waals surface area contributed by atoms with Gasteiger partial charge in [0.2, 0.25) is 0 Å². The predicted octanol–water partition coefficient (Wildman–Crippen LogP) is 8.91. The second kappa shape index (κ2) is 10.7. The van der Waals surface area contributed by atoms with Crippen LogP contribution in [0.2, 0.25) is 0 Å². The number of hydrogen-bond donors (Lipinski definition) is 0. The number of benzene rings is 3. The van der Waals surface area contributed by atoms with Crippen LogP contribution in [0, 0.1) is 30.6 Å². The van der Waals surface area contributed by atoms with E-state index in [1.54, 1.807) is 0 Å². The Morgan fingerprint density at radius 3 is 1.71 bits per heavy atom. The average Bonchev–Trinajstić information content (AvgIpc) is 2.78. The van der Waals surface area contributed by atoms with Crippen LogP contribution in [0.3, 0.4) is 0 Å². The van der Waals surface area contributed by atoms with E-state index < -0.39 is 0 Å². The van der Waals surface area contributed by atoms with Gasteiger partial charge >= 0.3 is 5.97 Å². The fourth-order valence-corrected chi connectivity index (χ4v) is 4.27. The van der Waals surface area contributed by atoms with Gasteiger partial charge in [-0.25, -0.2) is 0 Å². The minimum atomic E-state index is -0.167. The van der Waals surface area contributed by atoms with E-state index in [2.05, 4.69) is 115 Å². The van der Waals surface area contributed by atoms with Crippen molar-refractivity contribution in [3.8, 4) is 0 Å². The summed E-state index contributed by atoms with van der Waals surface area (Å²) in [5.41, 5.74) is 6.43. The molecule has 0 fully saturated rings. The van der Waals surface area contributed by atoms with Gasteiger partial charge < -0.3 is 9.64 Å². The maximum atomic E-state index is 13.3. The van der Waals surface area contributed by atoms with Crippen molar-refractivity contribution in [2.45, 2.75) is 68.4 Å². The van der Waals surface area contributed by atoms with E-state index in [9.17, 15) is 4.79 Å². The first-order chi connectivity index (χ1) is 16.3. The van der Waals surface area contributed by atoms with Gasteiger partial charge in [-0.15, -0.1) is 0 Å². The molecule has 0 saturated carbocycles. The zero-order valence-corrected chi connectivity index (χ0v) is 22.7. The lowest BCUT2D eigenvalue weighted by atomic mass is 9.72. The van der Waals surface area contributed by atoms with Crippen molar-refractivity contribution >= 4 is 23.0 Å². The summed E-state index contributed by atoms with van der Waals surface area (Å²) in [4.78, 5) is 15.5. The van der Waals surface area contributed by atoms with Gasteiger partial charge in [0, 0.05) is 16.9 Å². The maximum Gasteiger partial charge on any atom is 0.309 e. The summed E-state index contributed by atoms with van der Waals surface area (Å²) in [6, 6.07) is 25.2. The summed E-state index contributed by atoms with van der Waals surface area (Å²) >= 11 is 0. The van der Waals surface area contributed by atoms with E-state index in [1.807, 2.05) is 18.2 Å². The van der Waals surface area contributed by atoms with Crippen molar-refractivity contribution in [2.24, 2.45) is 16.7 Å². The Morgan fingerprint density at radius 1 is 0.771 bits per heavy atom. The van der Waals surface area contributed by atoms with Gasteiger partial charge in [0.15, 0.2) is 0 Å². The number of nitrogens with zero attached hydrogens (tertiary/aromatic N) is 1. The Hall–Kier alpha value is -3.07. The molecule has 3 heteroatoms. The molecular formula is C32H41NO2. The molecule has 0 saturated heterocycles. The molecule has 35 heavy (non-hydrogen) atoms. The van der Waals surface area contributed by atoms with Crippen LogP contribution in [-0.2, 0) is 16.1 Å². The number of ether oxygens (including phenoxy) is 1. The molecule has 0 N–H and O–H groups in total. The monoisotopic (exact) mass is 471 g/mol. The van der Waals surface area contributed by atoms with Crippen LogP contribution in [0.1, 0.15) is 64.7 Å². The average molecular weight is 472 g/mol. The highest BCUT2D eigenvalue weighted by Crippen LogP contribution is 2.39. The van der Waals surface area contributed by atoms with Crippen LogP contribution >= 0.6 is 0 Å². The molecule has 0 aliphatic rings. The van der Waals surface area contributed by atoms with Crippen molar-refractivity contribution in [1.82, 2.24) is 0 Å². The highest BCUT2D eigenvalue weighted by molar-refractivity contribution is 5.79. The first-order valence-corrected chi connectivity index (χ1v) is 12.5. The lowest BCUT2D eigenvalue weighted by molar-refractivity contribution is -0.155. The van der Waals surface area contributed by atoms with Crippen molar-refractivity contribution in [3.05, 3.63) is 89.5 Å². The highest BCUT2D eigenvalue weighted by Gasteiger charge is 2.36. The van der Waals surface area contributed by atoms with Crippen molar-refractivity contribution in [3.63, 3.8) is 0 Å². The molecule has 1 unspecified atom stereocenters. The third-order valence-corrected chi connectivity index (χ3v) is 6.33. The lowest BCUT2D eigenvalue weighted by Crippen LogP contribution is -2.33. The van der Waals surface area contributed by atoms with Gasteiger partial charge in [-0.3, -0.25) is 4.79 Å². The first kappa shape index (κ1) is 26.5. The molecule has 0 amide bonds. The summed E-state index contributed by atoms with van der Waals surface area (Å²) < 4.78 is 6.00. The van der Waals surface area contributed by atoms with Crippen LogP contribution < -0.4 is 4.90 Å². The minimum absolute atomic E-state index is 0.0442. The van der Waals surface area contributed by atoms with Crippen LogP contribution in [0.15, 0.2) is 72.8 Å². The summed E-state index contributed by atoms with van der Waals surface area (Å²) in [5.74, 6) is -0.292. The summed E-state index contributed by atoms with van der Waals surface area (Å²) in [6.07, 6.45) is 0.788. The fraction of sp³-hybridized carbons (Fsp3) is 0.406. The molecule has 0 spiro atoms. The van der Waals surface area contributed by atoms with Gasteiger partial charge in [0.25, 0.3) is 0 Å².